The van der Waals surface area contributed by atoms with Gasteiger partial charge in [0.2, 0.25) is 5.79 Å². The maximum atomic E-state index is 14.4. The number of nitrogens with zero attached hydrogens (tertiary/aromatic N) is 1. The lowest BCUT2D eigenvalue weighted by Gasteiger charge is -2.46. The highest BCUT2D eigenvalue weighted by molar-refractivity contribution is 5.89. The van der Waals surface area contributed by atoms with Crippen LogP contribution in [0.4, 0.5) is 0 Å². The second kappa shape index (κ2) is 25.3. The molecule has 0 aromatic heterocycles. The lowest BCUT2D eigenvalue weighted by atomic mass is 9.78. The average Bonchev–Trinajstić information content (AvgIpc) is 3.28. The number of cyclic esters (lactones) is 1. The molecule has 368 valence electrons. The number of esters is 1. The van der Waals surface area contributed by atoms with E-state index in [9.17, 15) is 39.6 Å². The smallest absolute Gasteiger partial charge is 0.329 e. The molecule has 7 unspecified atom stereocenters. The Kier molecular flexibility index (Phi) is 21.3. The topological polar surface area (TPSA) is 199 Å². The number of Topliss-reactive ketones (excluding diaryl/α,β-unsaturated/α-hetero) is 2. The van der Waals surface area contributed by atoms with Crippen LogP contribution in [0.5, 0.6) is 0 Å². The SMILES string of the molecule is COC1CC(C[C@@H](C)[C@@H]2CC(=O)[C@H](C)/C=C(\C)C(O)[C@@H](OC)C(=O)C(C)C[C@H](C)/C=C/C=C/C=C(\C)[C@@H](OC)C[C@@H]3CCC(C)C(O)(O3)[C@H](O)C(=O)N3CCCCC3C(=O)O2)CC[C@H]1O. The first-order chi connectivity index (χ1) is 30.7. The molecule has 4 aliphatic rings. The second-order valence-electron chi connectivity index (χ2n) is 19.8. The Hall–Kier alpha value is -3.08. The van der Waals surface area contributed by atoms with Crippen LogP contribution in [-0.4, -0.2) is 137 Å². The molecular formula is C51H81NO13. The third kappa shape index (κ3) is 14.5. The number of ketones is 2. The highest BCUT2D eigenvalue weighted by Crippen LogP contribution is 2.39. The molecule has 3 heterocycles. The number of rotatable bonds is 6. The van der Waals surface area contributed by atoms with Crippen LogP contribution in [0.3, 0.4) is 0 Å². The number of aliphatic hydroxyl groups is 4. The van der Waals surface area contributed by atoms with Crippen LogP contribution < -0.4 is 0 Å². The van der Waals surface area contributed by atoms with Gasteiger partial charge in [-0.25, -0.2) is 4.79 Å². The molecule has 4 N–H and O–H groups in total. The quantitative estimate of drug-likeness (QED) is 0.180. The Balaban J connectivity index is 1.70. The fraction of sp³-hybridized carbons (Fsp3) is 0.765. The summed E-state index contributed by atoms with van der Waals surface area (Å²) in [6, 6.07) is -1.08. The zero-order chi connectivity index (χ0) is 48.2. The van der Waals surface area contributed by atoms with E-state index >= 15 is 0 Å². The van der Waals surface area contributed by atoms with Crippen molar-refractivity contribution in [2.45, 2.75) is 186 Å². The summed E-state index contributed by atoms with van der Waals surface area (Å²) in [5.74, 6) is -6.22. The number of ether oxygens (including phenoxy) is 5. The third-order valence-corrected chi connectivity index (χ3v) is 14.7. The Morgan fingerprint density at radius 3 is 2.25 bits per heavy atom. The lowest BCUT2D eigenvalue weighted by molar-refractivity contribution is -0.317. The number of allylic oxidation sites excluding steroid dienone is 6. The van der Waals surface area contributed by atoms with Crippen LogP contribution in [0, 0.1) is 35.5 Å². The summed E-state index contributed by atoms with van der Waals surface area (Å²) >= 11 is 0. The number of amides is 1. The number of hydrogen-bond acceptors (Lipinski definition) is 13. The maximum Gasteiger partial charge on any atom is 0.329 e. The van der Waals surface area contributed by atoms with Gasteiger partial charge in [0.05, 0.1) is 24.4 Å². The number of fused-ring (bicyclic) bond motifs is 3. The van der Waals surface area contributed by atoms with Crippen molar-refractivity contribution in [2.75, 3.05) is 27.9 Å². The molecule has 0 aromatic carbocycles. The minimum atomic E-state index is -2.23. The van der Waals surface area contributed by atoms with Crippen LogP contribution >= 0.6 is 0 Å². The summed E-state index contributed by atoms with van der Waals surface area (Å²) in [7, 11) is 4.55. The van der Waals surface area contributed by atoms with Crippen LogP contribution in [-0.2, 0) is 42.9 Å². The summed E-state index contributed by atoms with van der Waals surface area (Å²) in [5, 5.41) is 45.7. The Labute approximate surface area is 387 Å². The molecule has 14 nitrogen and oxygen atoms in total. The van der Waals surface area contributed by atoms with E-state index in [0.29, 0.717) is 63.4 Å². The number of carbonyl (C=O) groups excluding carboxylic acids is 4. The Morgan fingerprint density at radius 1 is 0.846 bits per heavy atom. The predicted molar refractivity (Wildman–Crippen MR) is 246 cm³/mol. The summed E-state index contributed by atoms with van der Waals surface area (Å²) < 4.78 is 29.5. The second-order valence-corrected chi connectivity index (χ2v) is 19.8. The van der Waals surface area contributed by atoms with E-state index < -0.39 is 78.1 Å². The van der Waals surface area contributed by atoms with Gasteiger partial charge in [-0.3, -0.25) is 14.4 Å². The standard InChI is InChI=1S/C51H81NO13/c1-30-16-12-11-13-17-31(2)42(61-8)28-38-21-19-36(7)51(60,65-38)48(57)49(58)52-23-15-14-18-39(52)50(59)64-43(33(4)26-37-20-22-40(53)44(27-37)62-9)29-41(54)32(3)25-35(6)46(56)47(63-10)45(55)34(5)24-30/h11-13,16-17,25,30,32-34,36-40,42-44,46-48,53,56-57,60H,14-15,18-24,26-29H2,1-10H3/b13-11+,16-12+,31-17+,35-25+/t30-,32-,33-,34?,36?,37?,38+,39?,40-,42+,43+,44?,46?,47+,48-,51?/m1/s1. The zero-order valence-electron chi connectivity index (χ0n) is 40.7. The van der Waals surface area contributed by atoms with Gasteiger partial charge in [0.1, 0.15) is 30.1 Å². The number of methoxy groups -OCH3 is 3. The van der Waals surface area contributed by atoms with Crippen molar-refractivity contribution >= 4 is 23.4 Å². The number of hydrogen-bond donors (Lipinski definition) is 4. The third-order valence-electron chi connectivity index (χ3n) is 14.7. The van der Waals surface area contributed by atoms with Crippen molar-refractivity contribution in [3.63, 3.8) is 0 Å². The van der Waals surface area contributed by atoms with Gasteiger partial charge in [-0.2, -0.15) is 0 Å². The van der Waals surface area contributed by atoms with Gasteiger partial charge in [-0.1, -0.05) is 71.1 Å². The highest BCUT2D eigenvalue weighted by atomic mass is 16.6. The molecule has 2 saturated heterocycles. The van der Waals surface area contributed by atoms with E-state index in [2.05, 4.69) is 0 Å². The van der Waals surface area contributed by atoms with Gasteiger partial charge in [-0.15, -0.1) is 0 Å². The van der Waals surface area contributed by atoms with Crippen LogP contribution in [0.2, 0.25) is 0 Å². The highest BCUT2D eigenvalue weighted by Gasteiger charge is 2.53. The maximum absolute atomic E-state index is 14.4. The van der Waals surface area contributed by atoms with Crippen LogP contribution in [0.1, 0.15) is 126 Å². The number of aliphatic hydroxyl groups excluding tert-OH is 3. The molecule has 65 heavy (non-hydrogen) atoms. The van der Waals surface area contributed by atoms with E-state index in [1.54, 1.807) is 41.1 Å². The summed E-state index contributed by atoms with van der Waals surface area (Å²) in [5.41, 5.74) is 1.30. The lowest BCUT2D eigenvalue weighted by Crippen LogP contribution is -2.63. The van der Waals surface area contributed by atoms with Crippen molar-refractivity contribution in [1.29, 1.82) is 0 Å². The zero-order valence-corrected chi connectivity index (χ0v) is 40.7. The van der Waals surface area contributed by atoms with Crippen molar-refractivity contribution in [2.24, 2.45) is 35.5 Å². The average molecular weight is 916 g/mol. The molecule has 0 spiro atoms. The minimum Gasteiger partial charge on any atom is -0.460 e. The van der Waals surface area contributed by atoms with E-state index in [4.69, 9.17) is 23.7 Å². The molecule has 2 bridgehead atoms. The molecule has 3 aliphatic heterocycles. The van der Waals surface area contributed by atoms with Gasteiger partial charge in [-0.05, 0) is 107 Å². The molecule has 16 atom stereocenters. The first-order valence-corrected chi connectivity index (χ1v) is 24.1. The molecule has 3 fully saturated rings. The molecule has 0 radical (unpaired) electrons. The van der Waals surface area contributed by atoms with Crippen molar-refractivity contribution in [3.8, 4) is 0 Å². The van der Waals surface area contributed by atoms with Crippen molar-refractivity contribution in [1.82, 2.24) is 4.90 Å². The first-order valence-electron chi connectivity index (χ1n) is 24.1. The predicted octanol–water partition coefficient (Wildman–Crippen LogP) is 5.97. The number of piperidine rings is 1. The van der Waals surface area contributed by atoms with Gasteiger partial charge in [0, 0.05) is 58.5 Å². The summed E-state index contributed by atoms with van der Waals surface area (Å²) in [6.07, 6.45) is 9.72. The molecule has 14 heteroatoms. The van der Waals surface area contributed by atoms with Crippen LogP contribution in [0.15, 0.2) is 47.6 Å². The van der Waals surface area contributed by atoms with Crippen LogP contribution in [0.25, 0.3) is 0 Å². The molecule has 1 aliphatic carbocycles. The summed E-state index contributed by atoms with van der Waals surface area (Å²) in [4.78, 5) is 57.8. The first kappa shape index (κ1) is 54.5. The minimum absolute atomic E-state index is 0.0264. The monoisotopic (exact) mass is 916 g/mol. The molecular weight excluding hydrogens is 835 g/mol. The van der Waals surface area contributed by atoms with E-state index in [-0.39, 0.29) is 60.9 Å². The molecule has 1 saturated carbocycles. The molecule has 4 rings (SSSR count). The van der Waals surface area contributed by atoms with E-state index in [0.717, 1.165) is 12.0 Å². The van der Waals surface area contributed by atoms with Crippen molar-refractivity contribution in [3.05, 3.63) is 47.6 Å². The fourth-order valence-electron chi connectivity index (χ4n) is 10.3. The molecule has 1 amide bonds. The largest absolute Gasteiger partial charge is 0.460 e. The van der Waals surface area contributed by atoms with Gasteiger partial charge >= 0.3 is 5.97 Å². The van der Waals surface area contributed by atoms with E-state index in [1.807, 2.05) is 58.1 Å². The Morgan fingerprint density at radius 2 is 1.57 bits per heavy atom. The Bertz CT molecular complexity index is 1710. The summed E-state index contributed by atoms with van der Waals surface area (Å²) in [6.45, 7) is 12.9. The van der Waals surface area contributed by atoms with Gasteiger partial charge < -0.3 is 49.0 Å². The fourth-order valence-corrected chi connectivity index (χ4v) is 10.3. The van der Waals surface area contributed by atoms with Gasteiger partial charge in [0.25, 0.3) is 5.91 Å². The molecule has 0 aromatic rings. The van der Waals surface area contributed by atoms with Crippen molar-refractivity contribution < 1.29 is 63.3 Å². The number of carbonyl (C=O) groups is 4. The van der Waals surface area contributed by atoms with Gasteiger partial charge in [0.15, 0.2) is 11.9 Å². The normalized spacial score (nSPS) is 41.5. The van der Waals surface area contributed by atoms with E-state index in [1.165, 1.54) is 12.0 Å².